The number of carbonyl (C=O) groups is 4. The minimum Gasteiger partial charge on any atom is -0.480 e. The summed E-state index contributed by atoms with van der Waals surface area (Å²) < 4.78 is 80.5. The number of carboxylic acids is 4. The van der Waals surface area contributed by atoms with Crippen molar-refractivity contribution in [2.45, 2.75) is 200 Å². The molecule has 0 unspecified atom stereocenters. The van der Waals surface area contributed by atoms with Crippen molar-refractivity contribution >= 4 is 97.9 Å². The molecule has 680 valence electrons. The summed E-state index contributed by atoms with van der Waals surface area (Å²) in [6.07, 6.45) is 27.1. The average molecular weight is 1780 g/mol. The molecule has 2 saturated carbocycles. The number of benzene rings is 6. The number of imidazole rings is 4. The van der Waals surface area contributed by atoms with Crippen molar-refractivity contribution in [2.24, 2.45) is 0 Å². The Labute approximate surface area is 747 Å². The van der Waals surface area contributed by atoms with Crippen molar-refractivity contribution in [3.8, 4) is 11.6 Å². The second kappa shape index (κ2) is 45.5. The smallest absolute Gasteiger partial charge is 0.323 e. The number of hydrogen-bond donors (Lipinski definition) is 7. The first kappa shape index (κ1) is 93.5. The first-order valence-electron chi connectivity index (χ1n) is 43.9. The van der Waals surface area contributed by atoms with E-state index in [0.29, 0.717) is 107 Å². The van der Waals surface area contributed by atoms with Crippen LogP contribution in [0.4, 0.5) is 51.3 Å². The molecule has 16 rings (SSSR count). The van der Waals surface area contributed by atoms with Crippen LogP contribution in [0.5, 0.6) is 11.6 Å². The zero-order valence-corrected chi connectivity index (χ0v) is 73.0. The maximum atomic E-state index is 14.3. The molecule has 0 atom stereocenters. The summed E-state index contributed by atoms with van der Waals surface area (Å²) in [6, 6.07) is 47.5. The number of hydrogen-bond acceptors (Lipinski definition) is 22. The number of rotatable bonds is 37. The highest BCUT2D eigenvalue weighted by molar-refractivity contribution is 5.88. The molecule has 6 aromatic carbocycles. The van der Waals surface area contributed by atoms with E-state index in [1.165, 1.54) is 103 Å². The minimum atomic E-state index is -2.33. The molecule has 8 heterocycles. The number of nitrogens with zero attached hydrogens (tertiary/aromatic N) is 18. The fraction of sp³-hybridized carbons (Fsp3) is 0.368. The van der Waals surface area contributed by atoms with Crippen molar-refractivity contribution in [3.05, 3.63) is 245 Å². The van der Waals surface area contributed by atoms with Crippen LogP contribution < -0.4 is 30.5 Å². The molecular weight excluding hydrogens is 1670 g/mol. The van der Waals surface area contributed by atoms with E-state index in [1.54, 1.807) is 10.9 Å². The van der Waals surface area contributed by atoms with Crippen molar-refractivity contribution in [1.29, 1.82) is 0 Å². The number of aliphatic carboxylic acids is 4. The van der Waals surface area contributed by atoms with E-state index in [4.69, 9.17) is 24.9 Å². The van der Waals surface area contributed by atoms with Crippen LogP contribution in [0.15, 0.2) is 165 Å². The first-order chi connectivity index (χ1) is 63.0. The number of halogens is 5. The molecule has 0 saturated heterocycles. The van der Waals surface area contributed by atoms with Crippen LogP contribution in [0.1, 0.15) is 179 Å². The Bertz CT molecular complexity index is 6110. The van der Waals surface area contributed by atoms with Gasteiger partial charge in [0.15, 0.2) is 62.1 Å². The standard InChI is InChI=1S/C29H33N5O2.C27H23F5N4O3.C20H26N6O2.C19H24N6O2/c1-33(18-22-8-4-2-5-9-22)28-27-29(34(20-30-27)19-26(35)36)32-25(31-28)17-14-21-12-15-24(16-13-21)23-10-6-3-7-11-23;28-19-20(29)22(31)25(23(32)21(19)30)39-27-24-26(36(13-33-24)12-18(37)38)34-17(35-27)11-8-14-6-9-16(10-7-14)15-4-2-1-3-5-15;1-3-4-8-11-21-20-23-18(25(2)12-15-9-6-5-7-10-15)17-19(24-20)26(14-22-17)13-16(27)28;1-2-3-7-10-20-19-23-17(21-11-14-8-5-4-6-9-14)16-18(24-19)25(13-22-16)12-15(26)27/h2,4-5,8-9,12-13,15-16,20,23H,3,6-7,10-11,14,17-19H2,1H3,(H,35,36);6-7,9-10,13,15H,1-5,8,11-12H2,(H,37,38);5-7,9-10,14H,3-4,8,11-13H2,1-2H3,(H,27,28)(H,21,23,24);4-6,8-9,13H,2-3,7,10-12H2,1H3,(H,26,27)(H2,20,21,23,24). The van der Waals surface area contributed by atoms with E-state index in [0.717, 1.165) is 97.0 Å². The Hall–Kier alpha value is -14.2. The molecule has 0 bridgehead atoms. The van der Waals surface area contributed by atoms with E-state index in [-0.39, 0.29) is 43.0 Å². The van der Waals surface area contributed by atoms with Gasteiger partial charge in [0.05, 0.1) is 25.3 Å². The number of anilines is 5. The topological polar surface area (TPSA) is 375 Å². The first-order valence-corrected chi connectivity index (χ1v) is 43.9. The van der Waals surface area contributed by atoms with Gasteiger partial charge in [0.1, 0.15) is 37.8 Å². The van der Waals surface area contributed by atoms with Gasteiger partial charge < -0.3 is 69.2 Å². The number of carboxylic acid groups (broad SMARTS) is 4. The highest BCUT2D eigenvalue weighted by Crippen LogP contribution is 2.38. The van der Waals surface area contributed by atoms with Gasteiger partial charge in [-0.1, -0.05) is 218 Å². The van der Waals surface area contributed by atoms with Crippen LogP contribution in [-0.4, -0.2) is 150 Å². The molecule has 35 heteroatoms. The Morgan fingerprint density at radius 1 is 0.392 bits per heavy atom. The van der Waals surface area contributed by atoms with Gasteiger partial charge in [0.25, 0.3) is 5.88 Å². The van der Waals surface area contributed by atoms with Gasteiger partial charge >= 0.3 is 23.9 Å². The Morgan fingerprint density at radius 2 is 0.762 bits per heavy atom. The lowest BCUT2D eigenvalue weighted by Crippen LogP contribution is -2.20. The molecule has 2 fully saturated rings. The largest absolute Gasteiger partial charge is 0.480 e. The van der Waals surface area contributed by atoms with E-state index in [9.17, 15) is 51.3 Å². The van der Waals surface area contributed by atoms with E-state index < -0.39 is 71.1 Å². The number of nitrogens with one attached hydrogen (secondary N) is 3. The Morgan fingerprint density at radius 3 is 1.19 bits per heavy atom. The highest BCUT2D eigenvalue weighted by Gasteiger charge is 2.31. The van der Waals surface area contributed by atoms with Crippen LogP contribution in [0.3, 0.4) is 0 Å². The van der Waals surface area contributed by atoms with Gasteiger partial charge in [0, 0.05) is 59.7 Å². The molecule has 30 nitrogen and oxygen atoms in total. The fourth-order valence-corrected chi connectivity index (χ4v) is 15.8. The van der Waals surface area contributed by atoms with Crippen LogP contribution in [-0.2, 0) is 90.7 Å². The lowest BCUT2D eigenvalue weighted by Gasteiger charge is -2.22. The van der Waals surface area contributed by atoms with Gasteiger partial charge in [-0.25, -0.2) is 48.1 Å². The Balaban J connectivity index is 0.000000149. The zero-order valence-electron chi connectivity index (χ0n) is 73.0. The quantitative estimate of drug-likeness (QED) is 0.00823. The van der Waals surface area contributed by atoms with Gasteiger partial charge in [0.2, 0.25) is 46.7 Å². The summed E-state index contributed by atoms with van der Waals surface area (Å²) in [5, 5.41) is 46.6. The fourth-order valence-electron chi connectivity index (χ4n) is 15.8. The molecule has 7 N–H and O–H groups in total. The number of unbranched alkanes of at least 4 members (excludes halogenated alkanes) is 4. The second-order valence-electron chi connectivity index (χ2n) is 32.4. The summed E-state index contributed by atoms with van der Waals surface area (Å²) in [4.78, 5) is 102. The van der Waals surface area contributed by atoms with Crippen LogP contribution >= 0.6 is 0 Å². The SMILES string of the molecule is CCCCCNc1nc(N(C)Cc2ccccc2)c2ncn(CC(=O)O)c2n1.CCCCCNc1nc(NCc2ccccc2)c2ncn(CC(=O)O)c2n1.CN(Cc1ccccc1)c1nc(CCc2ccc(C3CCCCC3)cc2)nc2c1ncn2CC(=O)O.O=C(O)Cn1cnc2c(Oc3c(F)c(F)c(F)c(F)c3F)nc(CCc3ccc(C4CCCCC4)cc3)nc21. The maximum Gasteiger partial charge on any atom is 0.323 e. The van der Waals surface area contributed by atoms with Gasteiger partial charge in [-0.2, -0.15) is 33.7 Å². The molecule has 2 aliphatic rings. The van der Waals surface area contributed by atoms with Gasteiger partial charge in [-0.05, 0) is 102 Å². The molecule has 0 spiro atoms. The minimum absolute atomic E-state index is 0.0334. The third kappa shape index (κ3) is 25.0. The second-order valence-corrected chi connectivity index (χ2v) is 32.4. The summed E-state index contributed by atoms with van der Waals surface area (Å²) in [5.74, 6) is -12.2. The van der Waals surface area contributed by atoms with E-state index in [2.05, 4.69) is 145 Å². The maximum absolute atomic E-state index is 14.3. The van der Waals surface area contributed by atoms with Crippen molar-refractivity contribution in [2.75, 3.05) is 52.9 Å². The lowest BCUT2D eigenvalue weighted by molar-refractivity contribution is -0.138. The molecule has 0 amide bonds. The monoisotopic (exact) mass is 1780 g/mol. The van der Waals surface area contributed by atoms with E-state index >= 15 is 0 Å². The normalized spacial score (nSPS) is 12.8. The van der Waals surface area contributed by atoms with Crippen LogP contribution in [0, 0.1) is 29.1 Å². The molecule has 8 aromatic heterocycles. The van der Waals surface area contributed by atoms with Gasteiger partial charge in [-0.3, -0.25) is 19.2 Å². The van der Waals surface area contributed by atoms with Crippen LogP contribution in [0.25, 0.3) is 44.7 Å². The average Bonchev–Trinajstić information content (AvgIpc) is 1.38. The number of ether oxygens (including phenoxy) is 1. The summed E-state index contributed by atoms with van der Waals surface area (Å²) >= 11 is 0. The number of aryl methyl sites for hydroxylation is 4. The highest BCUT2D eigenvalue weighted by atomic mass is 19.2. The lowest BCUT2D eigenvalue weighted by atomic mass is 9.84. The van der Waals surface area contributed by atoms with Crippen molar-refractivity contribution < 1.29 is 66.3 Å². The van der Waals surface area contributed by atoms with E-state index in [1.807, 2.05) is 97.9 Å². The summed E-state index contributed by atoms with van der Waals surface area (Å²) in [5.41, 5.74) is 11.5. The van der Waals surface area contributed by atoms with Crippen molar-refractivity contribution in [1.82, 2.24) is 78.1 Å². The van der Waals surface area contributed by atoms with Crippen LogP contribution in [0.2, 0.25) is 0 Å². The molecule has 2 aliphatic carbocycles. The predicted octanol–water partition coefficient (Wildman–Crippen LogP) is 17.9. The molecule has 14 aromatic rings. The predicted molar refractivity (Wildman–Crippen MR) is 484 cm³/mol. The third-order valence-electron chi connectivity index (χ3n) is 22.5. The molecular formula is C95H106F5N21O9. The molecule has 0 radical (unpaired) electrons. The van der Waals surface area contributed by atoms with Crippen molar-refractivity contribution in [3.63, 3.8) is 0 Å². The summed E-state index contributed by atoms with van der Waals surface area (Å²) in [7, 11) is 3.94. The number of fused-ring (bicyclic) bond motifs is 4. The third-order valence-corrected chi connectivity index (χ3v) is 22.5. The van der Waals surface area contributed by atoms with Gasteiger partial charge in [-0.15, -0.1) is 0 Å². The molecule has 130 heavy (non-hydrogen) atoms. The number of aromatic nitrogens is 16. The molecule has 0 aliphatic heterocycles. The Kier molecular flexibility index (Phi) is 32.7. The zero-order chi connectivity index (χ0) is 91.6. The summed E-state index contributed by atoms with van der Waals surface area (Å²) in [6.45, 7) is 6.66.